The molecule has 5 heteroatoms. The normalized spacial score (nSPS) is 12.2. The highest BCUT2D eigenvalue weighted by Crippen LogP contribution is 2.07. The van der Waals surface area contributed by atoms with E-state index in [1.807, 2.05) is 13.8 Å². The number of benzene rings is 1. The molecule has 1 amide bonds. The van der Waals surface area contributed by atoms with Crippen LogP contribution in [0.1, 0.15) is 25.8 Å². The van der Waals surface area contributed by atoms with E-state index in [9.17, 15) is 14.0 Å². The summed E-state index contributed by atoms with van der Waals surface area (Å²) in [5, 5.41) is 11.5. The summed E-state index contributed by atoms with van der Waals surface area (Å²) >= 11 is 0. The summed E-state index contributed by atoms with van der Waals surface area (Å²) in [7, 11) is 0. The number of carbonyl (C=O) groups excluding carboxylic acids is 1. The van der Waals surface area contributed by atoms with Gasteiger partial charge in [-0.3, -0.25) is 4.79 Å². The predicted octanol–water partition coefficient (Wildman–Crippen LogP) is 1.98. The van der Waals surface area contributed by atoms with Gasteiger partial charge < -0.3 is 10.4 Å². The Morgan fingerprint density at radius 1 is 1.37 bits per heavy atom. The second kappa shape index (κ2) is 6.87. The minimum atomic E-state index is -1.05. The largest absolute Gasteiger partial charge is 0.480 e. The van der Waals surface area contributed by atoms with E-state index in [1.54, 1.807) is 6.07 Å². The van der Waals surface area contributed by atoms with Crippen LogP contribution in [0.15, 0.2) is 24.3 Å². The molecule has 0 saturated carbocycles. The Hall–Kier alpha value is -1.91. The van der Waals surface area contributed by atoms with Crippen molar-refractivity contribution in [2.45, 2.75) is 32.7 Å². The predicted molar refractivity (Wildman–Crippen MR) is 69.1 cm³/mol. The van der Waals surface area contributed by atoms with E-state index in [1.165, 1.54) is 18.2 Å². The SMILES string of the molecule is CC(C)C[C@@H](NC(=O)Cc1cccc(F)c1)C(=O)O. The van der Waals surface area contributed by atoms with E-state index in [2.05, 4.69) is 5.32 Å². The standard InChI is InChI=1S/C14H18FNO3/c1-9(2)6-12(14(18)19)16-13(17)8-10-4-3-5-11(15)7-10/h3-5,7,9,12H,6,8H2,1-2H3,(H,16,17)(H,18,19)/t12-/m1/s1. The zero-order valence-electron chi connectivity index (χ0n) is 11.0. The molecule has 0 bridgehead atoms. The van der Waals surface area contributed by atoms with Gasteiger partial charge in [-0.1, -0.05) is 26.0 Å². The van der Waals surface area contributed by atoms with Crippen LogP contribution in [0.25, 0.3) is 0 Å². The monoisotopic (exact) mass is 267 g/mol. The Morgan fingerprint density at radius 2 is 2.05 bits per heavy atom. The zero-order chi connectivity index (χ0) is 14.4. The molecule has 0 radical (unpaired) electrons. The molecule has 0 aliphatic heterocycles. The maximum atomic E-state index is 13.0. The molecular weight excluding hydrogens is 249 g/mol. The first-order chi connectivity index (χ1) is 8.88. The highest BCUT2D eigenvalue weighted by Gasteiger charge is 2.20. The number of hydrogen-bond donors (Lipinski definition) is 2. The van der Waals surface area contributed by atoms with Gasteiger partial charge in [0.25, 0.3) is 0 Å². The second-order valence-electron chi connectivity index (χ2n) is 4.89. The number of hydrogen-bond acceptors (Lipinski definition) is 2. The smallest absolute Gasteiger partial charge is 0.326 e. The Labute approximate surface area is 111 Å². The number of carbonyl (C=O) groups is 2. The third kappa shape index (κ3) is 5.50. The van der Waals surface area contributed by atoms with Crippen molar-refractivity contribution in [3.05, 3.63) is 35.6 Å². The number of carboxylic acids is 1. The number of aliphatic carboxylic acids is 1. The van der Waals surface area contributed by atoms with Crippen LogP contribution >= 0.6 is 0 Å². The van der Waals surface area contributed by atoms with Gasteiger partial charge in [-0.2, -0.15) is 0 Å². The molecule has 0 heterocycles. The number of nitrogens with one attached hydrogen (secondary N) is 1. The molecule has 1 atom stereocenters. The van der Waals surface area contributed by atoms with Gasteiger partial charge in [0, 0.05) is 0 Å². The van der Waals surface area contributed by atoms with Crippen molar-refractivity contribution in [2.24, 2.45) is 5.92 Å². The Morgan fingerprint density at radius 3 is 2.58 bits per heavy atom. The molecule has 2 N–H and O–H groups in total. The molecule has 1 aromatic carbocycles. The molecule has 0 spiro atoms. The molecule has 0 aliphatic carbocycles. The first kappa shape index (κ1) is 15.1. The average molecular weight is 267 g/mol. The molecule has 1 rings (SSSR count). The lowest BCUT2D eigenvalue weighted by Gasteiger charge is -2.16. The van der Waals surface area contributed by atoms with Gasteiger partial charge in [0.05, 0.1) is 6.42 Å². The van der Waals surface area contributed by atoms with Gasteiger partial charge >= 0.3 is 5.97 Å². The molecule has 104 valence electrons. The molecule has 4 nitrogen and oxygen atoms in total. The summed E-state index contributed by atoms with van der Waals surface area (Å²) < 4.78 is 13.0. The van der Waals surface area contributed by atoms with E-state index in [-0.39, 0.29) is 12.3 Å². The van der Waals surface area contributed by atoms with Gasteiger partial charge in [-0.05, 0) is 30.0 Å². The lowest BCUT2D eigenvalue weighted by Crippen LogP contribution is -2.42. The fraction of sp³-hybridized carbons (Fsp3) is 0.429. The Bertz CT molecular complexity index is 460. The van der Waals surface area contributed by atoms with Crippen LogP contribution in [0.2, 0.25) is 0 Å². The van der Waals surface area contributed by atoms with Crippen LogP contribution in [0.3, 0.4) is 0 Å². The quantitative estimate of drug-likeness (QED) is 0.828. The Balaban J connectivity index is 2.60. The highest BCUT2D eigenvalue weighted by atomic mass is 19.1. The topological polar surface area (TPSA) is 66.4 Å². The fourth-order valence-electron chi connectivity index (χ4n) is 1.77. The summed E-state index contributed by atoms with van der Waals surface area (Å²) in [6, 6.07) is 4.79. The van der Waals surface area contributed by atoms with Crippen LogP contribution in [0, 0.1) is 11.7 Å². The Kier molecular flexibility index (Phi) is 5.48. The van der Waals surface area contributed by atoms with Gasteiger partial charge in [0.15, 0.2) is 0 Å². The fourth-order valence-corrected chi connectivity index (χ4v) is 1.77. The minimum Gasteiger partial charge on any atom is -0.480 e. The van der Waals surface area contributed by atoms with Gasteiger partial charge in [-0.25, -0.2) is 9.18 Å². The maximum absolute atomic E-state index is 13.0. The van der Waals surface area contributed by atoms with Crippen molar-refractivity contribution in [3.8, 4) is 0 Å². The van der Waals surface area contributed by atoms with E-state index in [0.29, 0.717) is 12.0 Å². The molecule has 19 heavy (non-hydrogen) atoms. The number of rotatable bonds is 6. The summed E-state index contributed by atoms with van der Waals surface area (Å²) in [5.74, 6) is -1.72. The zero-order valence-corrected chi connectivity index (χ0v) is 11.0. The summed E-state index contributed by atoms with van der Waals surface area (Å²) in [6.07, 6.45) is 0.337. The van der Waals surface area contributed by atoms with Crippen LogP contribution in [-0.4, -0.2) is 23.0 Å². The highest BCUT2D eigenvalue weighted by molar-refractivity contribution is 5.84. The van der Waals surface area contributed by atoms with Crippen molar-refractivity contribution in [2.75, 3.05) is 0 Å². The summed E-state index contributed by atoms with van der Waals surface area (Å²) in [5.41, 5.74) is 0.520. The van der Waals surface area contributed by atoms with Crippen LogP contribution in [0.4, 0.5) is 4.39 Å². The lowest BCUT2D eigenvalue weighted by molar-refractivity contribution is -0.142. The van der Waals surface area contributed by atoms with Crippen molar-refractivity contribution < 1.29 is 19.1 Å². The van der Waals surface area contributed by atoms with Gasteiger partial charge in [-0.15, -0.1) is 0 Å². The van der Waals surface area contributed by atoms with E-state index in [0.717, 1.165) is 0 Å². The molecular formula is C14H18FNO3. The number of carboxylic acid groups (broad SMARTS) is 1. The number of halogens is 1. The van der Waals surface area contributed by atoms with Crippen LogP contribution in [0.5, 0.6) is 0 Å². The third-order valence-corrected chi connectivity index (χ3v) is 2.59. The maximum Gasteiger partial charge on any atom is 0.326 e. The molecule has 0 aromatic heterocycles. The molecule has 0 aliphatic rings. The summed E-state index contributed by atoms with van der Waals surface area (Å²) in [4.78, 5) is 22.7. The second-order valence-corrected chi connectivity index (χ2v) is 4.89. The van der Waals surface area contributed by atoms with Gasteiger partial charge in [0.1, 0.15) is 11.9 Å². The summed E-state index contributed by atoms with van der Waals surface area (Å²) in [6.45, 7) is 3.77. The van der Waals surface area contributed by atoms with Crippen molar-refractivity contribution in [3.63, 3.8) is 0 Å². The first-order valence-corrected chi connectivity index (χ1v) is 6.15. The van der Waals surface area contributed by atoms with Crippen LogP contribution in [-0.2, 0) is 16.0 Å². The molecule has 0 saturated heterocycles. The molecule has 0 fully saturated rings. The minimum absolute atomic E-state index is 0.0281. The van der Waals surface area contributed by atoms with Gasteiger partial charge in [0.2, 0.25) is 5.91 Å². The third-order valence-electron chi connectivity index (χ3n) is 2.59. The van der Waals surface area contributed by atoms with E-state index >= 15 is 0 Å². The van der Waals surface area contributed by atoms with Crippen molar-refractivity contribution >= 4 is 11.9 Å². The first-order valence-electron chi connectivity index (χ1n) is 6.15. The molecule has 1 aromatic rings. The lowest BCUT2D eigenvalue weighted by atomic mass is 10.0. The number of amides is 1. The van der Waals surface area contributed by atoms with Crippen molar-refractivity contribution in [1.29, 1.82) is 0 Å². The van der Waals surface area contributed by atoms with E-state index in [4.69, 9.17) is 5.11 Å². The average Bonchev–Trinajstić information content (AvgIpc) is 2.27. The molecule has 0 unspecified atom stereocenters. The van der Waals surface area contributed by atoms with E-state index < -0.39 is 23.7 Å². The van der Waals surface area contributed by atoms with Crippen molar-refractivity contribution in [1.82, 2.24) is 5.32 Å². The van der Waals surface area contributed by atoms with Crippen LogP contribution < -0.4 is 5.32 Å².